The van der Waals surface area contributed by atoms with Gasteiger partial charge in [0.05, 0.1) is 0 Å². The highest BCUT2D eigenvalue weighted by Gasteiger charge is 2.13. The van der Waals surface area contributed by atoms with Gasteiger partial charge in [-0.15, -0.1) is 0 Å². The minimum Gasteiger partial charge on any atom is -0.432 e. The fourth-order valence-corrected chi connectivity index (χ4v) is 0.818. The first-order valence-corrected chi connectivity index (χ1v) is 4.59. The first kappa shape index (κ1) is 12.2. The van der Waals surface area contributed by atoms with Gasteiger partial charge < -0.3 is 9.47 Å². The van der Waals surface area contributed by atoms with E-state index >= 15 is 0 Å². The highest BCUT2D eigenvalue weighted by molar-refractivity contribution is 5.86. The molecule has 0 aromatic carbocycles. The first-order chi connectivity index (χ1) is 6.11. The van der Waals surface area contributed by atoms with Gasteiger partial charge in [0.2, 0.25) is 6.29 Å². The molecule has 0 spiro atoms. The van der Waals surface area contributed by atoms with Crippen LogP contribution in [0.15, 0.2) is 12.2 Å². The van der Waals surface area contributed by atoms with Crippen molar-refractivity contribution in [1.82, 2.24) is 0 Å². The zero-order valence-corrected chi connectivity index (χ0v) is 8.63. The fourth-order valence-electron chi connectivity index (χ4n) is 0.818. The number of esters is 1. The van der Waals surface area contributed by atoms with Crippen molar-refractivity contribution < 1.29 is 14.3 Å². The van der Waals surface area contributed by atoms with Gasteiger partial charge in [0.15, 0.2) is 0 Å². The lowest BCUT2D eigenvalue weighted by Gasteiger charge is -2.16. The zero-order valence-electron chi connectivity index (χ0n) is 8.63. The van der Waals surface area contributed by atoms with E-state index in [9.17, 15) is 4.79 Å². The monoisotopic (exact) mass is 186 g/mol. The van der Waals surface area contributed by atoms with Crippen LogP contribution in [0.4, 0.5) is 0 Å². The maximum Gasteiger partial charge on any atom is 0.335 e. The van der Waals surface area contributed by atoms with Crippen molar-refractivity contribution in [3.8, 4) is 0 Å². The summed E-state index contributed by atoms with van der Waals surface area (Å²) in [6.07, 6.45) is 1.24. The van der Waals surface area contributed by atoms with Gasteiger partial charge in [-0.25, -0.2) is 4.79 Å². The molecule has 0 aliphatic rings. The molecule has 3 heteroatoms. The molecule has 0 bridgehead atoms. The van der Waals surface area contributed by atoms with Crippen molar-refractivity contribution in [1.29, 1.82) is 0 Å². The molecule has 1 unspecified atom stereocenters. The highest BCUT2D eigenvalue weighted by atomic mass is 16.7. The zero-order chi connectivity index (χ0) is 10.3. The Kier molecular flexibility index (Phi) is 6.24. The number of hydrogen-bond acceptors (Lipinski definition) is 3. The predicted octanol–water partition coefficient (Wildman–Crippen LogP) is 2.27. The predicted molar refractivity (Wildman–Crippen MR) is 51.2 cm³/mol. The molecule has 0 N–H and O–H groups in total. The Morgan fingerprint density at radius 1 is 1.46 bits per heavy atom. The van der Waals surface area contributed by atoms with Crippen LogP contribution in [0.2, 0.25) is 0 Å². The summed E-state index contributed by atoms with van der Waals surface area (Å²) in [6.45, 7) is 9.56. The van der Waals surface area contributed by atoms with Gasteiger partial charge in [-0.1, -0.05) is 19.9 Å². The van der Waals surface area contributed by atoms with Crippen molar-refractivity contribution in [3.05, 3.63) is 12.2 Å². The van der Waals surface area contributed by atoms with Crippen LogP contribution < -0.4 is 0 Å². The average Bonchev–Trinajstić information content (AvgIpc) is 2.05. The lowest BCUT2D eigenvalue weighted by molar-refractivity contribution is -0.174. The molecular weight excluding hydrogens is 168 g/mol. The van der Waals surface area contributed by atoms with E-state index in [-0.39, 0.29) is 5.97 Å². The molecule has 0 aromatic rings. The molecule has 0 aliphatic carbocycles. The molecule has 1 atom stereocenters. The summed E-state index contributed by atoms with van der Waals surface area (Å²) in [7, 11) is 0. The molecular formula is C10H18O3. The molecule has 0 rings (SSSR count). The molecule has 0 fully saturated rings. The Balaban J connectivity index is 3.93. The Morgan fingerprint density at radius 2 is 2.08 bits per heavy atom. The third-order valence-electron chi connectivity index (χ3n) is 1.46. The molecule has 0 saturated heterocycles. The highest BCUT2D eigenvalue weighted by Crippen LogP contribution is 2.06. The van der Waals surface area contributed by atoms with Gasteiger partial charge in [-0.2, -0.15) is 0 Å². The van der Waals surface area contributed by atoms with Crippen LogP contribution in [0, 0.1) is 0 Å². The summed E-state index contributed by atoms with van der Waals surface area (Å²) in [5.74, 6) is -0.382. The summed E-state index contributed by atoms with van der Waals surface area (Å²) >= 11 is 0. The standard InChI is InChI=1S/C10H18O3/c1-5-7-9(12-6-2)13-10(11)8(3)4/h9H,3,5-7H2,1-2,4H3. The smallest absolute Gasteiger partial charge is 0.335 e. The van der Waals surface area contributed by atoms with E-state index in [1.807, 2.05) is 13.8 Å². The molecule has 0 saturated carbocycles. The van der Waals surface area contributed by atoms with Crippen molar-refractivity contribution in [3.63, 3.8) is 0 Å². The van der Waals surface area contributed by atoms with Gasteiger partial charge >= 0.3 is 5.97 Å². The van der Waals surface area contributed by atoms with Crippen molar-refractivity contribution in [2.45, 2.75) is 39.9 Å². The number of carbonyl (C=O) groups excluding carboxylic acids is 1. The summed E-state index contributed by atoms with van der Waals surface area (Å²) < 4.78 is 10.3. The van der Waals surface area contributed by atoms with Gasteiger partial charge in [0.25, 0.3) is 0 Å². The molecule has 76 valence electrons. The largest absolute Gasteiger partial charge is 0.432 e. The number of hydrogen-bond donors (Lipinski definition) is 0. The minimum absolute atomic E-state index is 0.382. The molecule has 13 heavy (non-hydrogen) atoms. The van der Waals surface area contributed by atoms with Crippen molar-refractivity contribution in [2.24, 2.45) is 0 Å². The second-order valence-electron chi connectivity index (χ2n) is 2.86. The van der Waals surface area contributed by atoms with Crippen LogP contribution in [0.5, 0.6) is 0 Å². The average molecular weight is 186 g/mol. The summed E-state index contributed by atoms with van der Waals surface area (Å²) in [5.41, 5.74) is 0.404. The topological polar surface area (TPSA) is 35.5 Å². The van der Waals surface area contributed by atoms with Crippen LogP contribution in [0.25, 0.3) is 0 Å². The van der Waals surface area contributed by atoms with Crippen molar-refractivity contribution in [2.75, 3.05) is 6.61 Å². The van der Waals surface area contributed by atoms with Crippen LogP contribution in [0.3, 0.4) is 0 Å². The van der Waals surface area contributed by atoms with E-state index in [0.29, 0.717) is 12.2 Å². The number of ether oxygens (including phenoxy) is 2. The SMILES string of the molecule is C=C(C)C(=O)OC(CCC)OCC. The van der Waals surface area contributed by atoms with Crippen LogP contribution in [-0.2, 0) is 14.3 Å². The number of rotatable bonds is 6. The molecule has 0 aliphatic heterocycles. The second kappa shape index (κ2) is 6.66. The molecule has 0 amide bonds. The van der Waals surface area contributed by atoms with Crippen molar-refractivity contribution >= 4 is 5.97 Å². The van der Waals surface area contributed by atoms with Gasteiger partial charge in [-0.05, 0) is 13.8 Å². The lowest BCUT2D eigenvalue weighted by atomic mass is 10.3. The van der Waals surface area contributed by atoms with E-state index in [1.165, 1.54) is 0 Å². The first-order valence-electron chi connectivity index (χ1n) is 4.59. The van der Waals surface area contributed by atoms with E-state index in [2.05, 4.69) is 6.58 Å². The minimum atomic E-state index is -0.417. The Labute approximate surface area is 79.7 Å². The van der Waals surface area contributed by atoms with Gasteiger partial charge in [0, 0.05) is 18.6 Å². The van der Waals surface area contributed by atoms with Gasteiger partial charge in [-0.3, -0.25) is 0 Å². The molecule has 3 nitrogen and oxygen atoms in total. The van der Waals surface area contributed by atoms with E-state index in [1.54, 1.807) is 6.92 Å². The normalized spacial score (nSPS) is 12.2. The van der Waals surface area contributed by atoms with E-state index in [0.717, 1.165) is 12.8 Å². The Morgan fingerprint density at radius 3 is 2.46 bits per heavy atom. The Bertz CT molecular complexity index is 169. The summed E-state index contributed by atoms with van der Waals surface area (Å²) in [5, 5.41) is 0. The summed E-state index contributed by atoms with van der Waals surface area (Å²) in [6, 6.07) is 0. The van der Waals surface area contributed by atoms with E-state index in [4.69, 9.17) is 9.47 Å². The quantitative estimate of drug-likeness (QED) is 0.362. The second-order valence-corrected chi connectivity index (χ2v) is 2.86. The van der Waals surface area contributed by atoms with Gasteiger partial charge in [0.1, 0.15) is 0 Å². The van der Waals surface area contributed by atoms with E-state index < -0.39 is 6.29 Å². The number of carbonyl (C=O) groups is 1. The third kappa shape index (κ3) is 5.42. The lowest BCUT2D eigenvalue weighted by Crippen LogP contribution is -2.21. The fraction of sp³-hybridized carbons (Fsp3) is 0.700. The molecule has 0 radical (unpaired) electrons. The van der Waals surface area contributed by atoms with Crippen LogP contribution >= 0.6 is 0 Å². The van der Waals surface area contributed by atoms with Crippen LogP contribution in [-0.4, -0.2) is 18.9 Å². The molecule has 0 aromatic heterocycles. The third-order valence-corrected chi connectivity index (χ3v) is 1.46. The summed E-state index contributed by atoms with van der Waals surface area (Å²) in [4.78, 5) is 11.1. The van der Waals surface area contributed by atoms with Crippen LogP contribution in [0.1, 0.15) is 33.6 Å². The Hall–Kier alpha value is -0.830. The maximum atomic E-state index is 11.1. The maximum absolute atomic E-state index is 11.1. The molecule has 0 heterocycles.